The van der Waals surface area contributed by atoms with E-state index in [-0.39, 0.29) is 5.41 Å². The van der Waals surface area contributed by atoms with Crippen LogP contribution in [0.1, 0.15) is 40.0 Å². The zero-order chi connectivity index (χ0) is 9.35. The van der Waals surface area contributed by atoms with Crippen molar-refractivity contribution in [2.45, 2.75) is 46.1 Å². The summed E-state index contributed by atoms with van der Waals surface area (Å²) < 4.78 is 0. The minimum absolute atomic E-state index is 0.280. The van der Waals surface area contributed by atoms with Crippen molar-refractivity contribution in [3.8, 4) is 0 Å². The number of nitrogens with two attached hydrogens (primary N) is 2. The molecule has 1 fully saturated rings. The summed E-state index contributed by atoms with van der Waals surface area (Å²) in [5.41, 5.74) is 12.2. The molecule has 2 heteroatoms. The molecule has 2 atom stereocenters. The Morgan fingerprint density at radius 3 is 2.33 bits per heavy atom. The first-order chi connectivity index (χ1) is 5.41. The van der Waals surface area contributed by atoms with Gasteiger partial charge in [-0.25, -0.2) is 0 Å². The van der Waals surface area contributed by atoms with Gasteiger partial charge >= 0.3 is 0 Å². The molecule has 1 radical (unpaired) electrons. The van der Waals surface area contributed by atoms with E-state index >= 15 is 0 Å². The van der Waals surface area contributed by atoms with Crippen LogP contribution in [0, 0.1) is 17.4 Å². The maximum absolute atomic E-state index is 5.99. The molecule has 2 nitrogen and oxygen atoms in total. The quantitative estimate of drug-likeness (QED) is 0.579. The lowest BCUT2D eigenvalue weighted by molar-refractivity contribution is 0.188. The van der Waals surface area contributed by atoms with Crippen molar-refractivity contribution in [3.05, 3.63) is 6.04 Å². The first-order valence-electron chi connectivity index (χ1n) is 4.78. The van der Waals surface area contributed by atoms with Gasteiger partial charge in [0.15, 0.2) is 0 Å². The second-order valence-electron chi connectivity index (χ2n) is 5.03. The van der Waals surface area contributed by atoms with Crippen molar-refractivity contribution in [1.29, 1.82) is 0 Å². The Kier molecular flexibility index (Phi) is 2.79. The summed E-state index contributed by atoms with van der Waals surface area (Å²) in [7, 11) is 0. The molecule has 0 aromatic carbocycles. The van der Waals surface area contributed by atoms with Crippen LogP contribution < -0.4 is 11.5 Å². The largest absolute Gasteiger partial charge is 0.328 e. The highest BCUT2D eigenvalue weighted by atomic mass is 14.7. The van der Waals surface area contributed by atoms with E-state index in [2.05, 4.69) is 20.8 Å². The van der Waals surface area contributed by atoms with Crippen molar-refractivity contribution in [2.75, 3.05) is 0 Å². The Labute approximate surface area is 75.7 Å². The first kappa shape index (κ1) is 10.0. The highest BCUT2D eigenvalue weighted by Gasteiger charge is 2.35. The summed E-state index contributed by atoms with van der Waals surface area (Å²) in [6.07, 6.45) is 3.15. The number of rotatable bonds is 0. The van der Waals surface area contributed by atoms with Crippen molar-refractivity contribution >= 4 is 0 Å². The zero-order valence-electron chi connectivity index (χ0n) is 8.43. The van der Waals surface area contributed by atoms with E-state index in [1.165, 1.54) is 0 Å². The highest BCUT2D eigenvalue weighted by molar-refractivity contribution is 5.01. The molecule has 1 saturated carbocycles. The van der Waals surface area contributed by atoms with Gasteiger partial charge in [-0.3, -0.25) is 0 Å². The van der Waals surface area contributed by atoms with Crippen LogP contribution in [0.15, 0.2) is 0 Å². The molecule has 1 aliphatic rings. The fraction of sp³-hybridized carbons (Fsp3) is 0.900. The summed E-state index contributed by atoms with van der Waals surface area (Å²) in [6, 6.07) is 1.52. The van der Waals surface area contributed by atoms with E-state index in [4.69, 9.17) is 11.5 Å². The van der Waals surface area contributed by atoms with E-state index in [1.54, 1.807) is 0 Å². The molecule has 0 aliphatic heterocycles. The van der Waals surface area contributed by atoms with Crippen molar-refractivity contribution < 1.29 is 0 Å². The molecule has 1 aliphatic carbocycles. The van der Waals surface area contributed by atoms with Crippen LogP contribution >= 0.6 is 0 Å². The SMILES string of the molecule is CC(C)(C)C1CC(N)CC[C]1N. The lowest BCUT2D eigenvalue weighted by atomic mass is 9.68. The van der Waals surface area contributed by atoms with Gasteiger partial charge in [0, 0.05) is 12.1 Å². The third kappa shape index (κ3) is 2.20. The predicted molar refractivity (Wildman–Crippen MR) is 52.2 cm³/mol. The Bertz CT molecular complexity index is 148. The van der Waals surface area contributed by atoms with Gasteiger partial charge in [0.2, 0.25) is 0 Å². The van der Waals surface area contributed by atoms with Gasteiger partial charge in [0.25, 0.3) is 0 Å². The Morgan fingerprint density at radius 2 is 1.92 bits per heavy atom. The molecule has 1 rings (SSSR count). The fourth-order valence-corrected chi connectivity index (χ4v) is 2.01. The fourth-order valence-electron chi connectivity index (χ4n) is 2.01. The van der Waals surface area contributed by atoms with E-state index in [1.807, 2.05) is 0 Å². The molecule has 4 N–H and O–H groups in total. The molecule has 0 aromatic rings. The molecule has 0 heterocycles. The lowest BCUT2D eigenvalue weighted by Gasteiger charge is -2.40. The lowest BCUT2D eigenvalue weighted by Crippen LogP contribution is -2.41. The Morgan fingerprint density at radius 1 is 1.33 bits per heavy atom. The topological polar surface area (TPSA) is 52.0 Å². The minimum Gasteiger partial charge on any atom is -0.328 e. The third-order valence-electron chi connectivity index (χ3n) is 2.84. The van der Waals surface area contributed by atoms with Crippen LogP contribution in [-0.2, 0) is 0 Å². The maximum Gasteiger partial charge on any atom is 0.0374 e. The van der Waals surface area contributed by atoms with Crippen LogP contribution in [0.2, 0.25) is 0 Å². The molecular formula is C10H21N2. The molecule has 0 saturated heterocycles. The third-order valence-corrected chi connectivity index (χ3v) is 2.84. The second-order valence-corrected chi connectivity index (χ2v) is 5.03. The molecule has 71 valence electrons. The summed E-state index contributed by atoms with van der Waals surface area (Å²) in [5, 5.41) is 0. The number of hydrogen-bond acceptors (Lipinski definition) is 2. The maximum atomic E-state index is 5.99. The minimum atomic E-state index is 0.280. The van der Waals surface area contributed by atoms with E-state index in [0.29, 0.717) is 12.0 Å². The Balaban J connectivity index is 2.61. The normalized spacial score (nSPS) is 33.8. The van der Waals surface area contributed by atoms with Gasteiger partial charge in [-0.1, -0.05) is 20.8 Å². The predicted octanol–water partition coefficient (Wildman–Crippen LogP) is 1.65. The Hall–Kier alpha value is -0.0800. The molecule has 0 aromatic heterocycles. The van der Waals surface area contributed by atoms with Crippen molar-refractivity contribution in [1.82, 2.24) is 0 Å². The van der Waals surface area contributed by atoms with Crippen LogP contribution in [0.4, 0.5) is 0 Å². The van der Waals surface area contributed by atoms with Crippen molar-refractivity contribution in [2.24, 2.45) is 22.8 Å². The van der Waals surface area contributed by atoms with Gasteiger partial charge in [-0.2, -0.15) is 0 Å². The van der Waals surface area contributed by atoms with E-state index in [9.17, 15) is 0 Å². The van der Waals surface area contributed by atoms with Crippen LogP contribution in [0.5, 0.6) is 0 Å². The highest BCUT2D eigenvalue weighted by Crippen LogP contribution is 2.39. The van der Waals surface area contributed by atoms with E-state index in [0.717, 1.165) is 25.3 Å². The smallest absolute Gasteiger partial charge is 0.0374 e. The van der Waals surface area contributed by atoms with Crippen molar-refractivity contribution in [3.63, 3.8) is 0 Å². The number of hydrogen-bond donors (Lipinski definition) is 2. The summed E-state index contributed by atoms with van der Waals surface area (Å²) in [6.45, 7) is 6.72. The first-order valence-corrected chi connectivity index (χ1v) is 4.78. The molecule has 0 spiro atoms. The monoisotopic (exact) mass is 169 g/mol. The standard InChI is InChI=1S/C10H21N2/c1-10(2,3)8-6-7(11)4-5-9(8)12/h7-8H,4-6,11-12H2,1-3H3. The summed E-state index contributed by atoms with van der Waals surface area (Å²) in [5.74, 6) is 0.515. The molecule has 12 heavy (non-hydrogen) atoms. The summed E-state index contributed by atoms with van der Waals surface area (Å²) >= 11 is 0. The second kappa shape index (κ2) is 3.35. The van der Waals surface area contributed by atoms with Gasteiger partial charge in [0.1, 0.15) is 0 Å². The van der Waals surface area contributed by atoms with Crippen LogP contribution in [0.25, 0.3) is 0 Å². The van der Waals surface area contributed by atoms with Gasteiger partial charge in [-0.05, 0) is 30.6 Å². The van der Waals surface area contributed by atoms with Crippen LogP contribution in [-0.4, -0.2) is 6.04 Å². The van der Waals surface area contributed by atoms with Gasteiger partial charge < -0.3 is 11.5 Å². The van der Waals surface area contributed by atoms with Crippen LogP contribution in [0.3, 0.4) is 0 Å². The summed E-state index contributed by atoms with van der Waals surface area (Å²) in [4.78, 5) is 0. The van der Waals surface area contributed by atoms with E-state index < -0.39 is 0 Å². The molecular weight excluding hydrogens is 148 g/mol. The molecule has 0 amide bonds. The average molecular weight is 169 g/mol. The van der Waals surface area contributed by atoms with Gasteiger partial charge in [-0.15, -0.1) is 0 Å². The average Bonchev–Trinajstić information content (AvgIpc) is 1.92. The molecule has 2 unspecified atom stereocenters. The molecule has 0 bridgehead atoms. The zero-order valence-corrected chi connectivity index (χ0v) is 8.43. The van der Waals surface area contributed by atoms with Gasteiger partial charge in [0.05, 0.1) is 0 Å².